The van der Waals surface area contributed by atoms with Crippen molar-refractivity contribution in [3.8, 4) is 0 Å². The van der Waals surface area contributed by atoms with Crippen molar-refractivity contribution >= 4 is 27.5 Å². The average molecular weight is 395 g/mol. The molecule has 0 aliphatic carbocycles. The van der Waals surface area contributed by atoms with E-state index in [1.165, 1.54) is 6.92 Å². The Kier molecular flexibility index (Phi) is 4.83. The molecule has 0 aromatic carbocycles. The van der Waals surface area contributed by atoms with Gasteiger partial charge in [0, 0.05) is 6.42 Å². The van der Waals surface area contributed by atoms with Crippen LogP contribution < -0.4 is 5.32 Å². The van der Waals surface area contributed by atoms with Gasteiger partial charge in [0.1, 0.15) is 11.4 Å². The molecular formula is C13H14BrF3N4O2. The van der Waals surface area contributed by atoms with Gasteiger partial charge in [0.15, 0.2) is 11.5 Å². The Morgan fingerprint density at radius 2 is 2.00 bits per heavy atom. The van der Waals surface area contributed by atoms with Crippen molar-refractivity contribution in [1.29, 1.82) is 0 Å². The fourth-order valence-electron chi connectivity index (χ4n) is 1.99. The van der Waals surface area contributed by atoms with Crippen molar-refractivity contribution in [2.45, 2.75) is 39.9 Å². The lowest BCUT2D eigenvalue weighted by Crippen LogP contribution is -2.16. The van der Waals surface area contributed by atoms with E-state index in [2.05, 4.69) is 31.5 Å². The first-order chi connectivity index (χ1) is 10.6. The van der Waals surface area contributed by atoms with Crippen LogP contribution >= 0.6 is 15.9 Å². The molecule has 1 N–H and O–H groups in total. The van der Waals surface area contributed by atoms with Crippen LogP contribution in [-0.2, 0) is 17.5 Å². The maximum Gasteiger partial charge on any atom is 0.436 e. The molecule has 2 aromatic heterocycles. The number of carbonyl (C=O) groups excluding carboxylic acids is 1. The van der Waals surface area contributed by atoms with E-state index < -0.39 is 11.9 Å². The summed E-state index contributed by atoms with van der Waals surface area (Å²) in [6.07, 6.45) is -4.58. The summed E-state index contributed by atoms with van der Waals surface area (Å²) < 4.78 is 44.3. The predicted octanol–water partition coefficient (Wildman–Crippen LogP) is 3.61. The molecule has 0 saturated heterocycles. The molecule has 2 heterocycles. The molecule has 0 saturated carbocycles. The Labute approximate surface area is 138 Å². The maximum absolute atomic E-state index is 12.8. The normalized spacial score (nSPS) is 11.8. The van der Waals surface area contributed by atoms with Gasteiger partial charge in [-0.2, -0.15) is 18.3 Å². The summed E-state index contributed by atoms with van der Waals surface area (Å²) in [5.41, 5.74) is 0.321. The third-order valence-corrected chi connectivity index (χ3v) is 4.20. The van der Waals surface area contributed by atoms with Crippen molar-refractivity contribution < 1.29 is 22.5 Å². The molecule has 0 bridgehead atoms. The van der Waals surface area contributed by atoms with E-state index in [0.29, 0.717) is 22.8 Å². The first kappa shape index (κ1) is 17.5. The van der Waals surface area contributed by atoms with Gasteiger partial charge < -0.3 is 9.84 Å². The van der Waals surface area contributed by atoms with Crippen molar-refractivity contribution in [2.24, 2.45) is 0 Å². The first-order valence-electron chi connectivity index (χ1n) is 6.64. The van der Waals surface area contributed by atoms with E-state index in [0.717, 1.165) is 4.68 Å². The van der Waals surface area contributed by atoms with Gasteiger partial charge in [0.2, 0.25) is 5.91 Å². The van der Waals surface area contributed by atoms with Crippen LogP contribution in [-0.4, -0.2) is 20.8 Å². The largest absolute Gasteiger partial charge is 0.436 e. The molecule has 0 unspecified atom stereocenters. The second-order valence-electron chi connectivity index (χ2n) is 4.97. The number of nitrogens with zero attached hydrogens (tertiary/aromatic N) is 3. The molecule has 2 rings (SSSR count). The van der Waals surface area contributed by atoms with E-state index in [1.807, 2.05) is 0 Å². The highest BCUT2D eigenvalue weighted by molar-refractivity contribution is 9.10. The molecular weight excluding hydrogens is 381 g/mol. The number of amides is 1. The molecule has 0 spiro atoms. The van der Waals surface area contributed by atoms with Crippen LogP contribution in [0.25, 0.3) is 0 Å². The Morgan fingerprint density at radius 3 is 2.48 bits per heavy atom. The number of aryl methyl sites for hydroxylation is 3. The summed E-state index contributed by atoms with van der Waals surface area (Å²) >= 11 is 2.89. The van der Waals surface area contributed by atoms with Gasteiger partial charge in [-0.3, -0.25) is 9.48 Å². The summed E-state index contributed by atoms with van der Waals surface area (Å²) in [6.45, 7) is 4.85. The van der Waals surface area contributed by atoms with E-state index in [4.69, 9.17) is 4.52 Å². The second kappa shape index (κ2) is 6.34. The Balaban J connectivity index is 2.05. The summed E-state index contributed by atoms with van der Waals surface area (Å²) in [4.78, 5) is 11.9. The van der Waals surface area contributed by atoms with Gasteiger partial charge >= 0.3 is 6.18 Å². The average Bonchev–Trinajstić information content (AvgIpc) is 2.91. The topological polar surface area (TPSA) is 73.0 Å². The summed E-state index contributed by atoms with van der Waals surface area (Å²) in [5, 5.41) is 9.85. The predicted molar refractivity (Wildman–Crippen MR) is 78.9 cm³/mol. The summed E-state index contributed by atoms with van der Waals surface area (Å²) in [6, 6.07) is 0. The quantitative estimate of drug-likeness (QED) is 0.859. The van der Waals surface area contributed by atoms with Gasteiger partial charge in [-0.05, 0) is 36.7 Å². The van der Waals surface area contributed by atoms with E-state index in [1.54, 1.807) is 13.8 Å². The van der Waals surface area contributed by atoms with Crippen molar-refractivity contribution in [3.05, 3.63) is 27.3 Å². The third kappa shape index (κ3) is 3.74. The molecule has 10 heteroatoms. The van der Waals surface area contributed by atoms with Gasteiger partial charge in [-0.25, -0.2) is 0 Å². The highest BCUT2D eigenvalue weighted by Crippen LogP contribution is 2.35. The van der Waals surface area contributed by atoms with Crippen molar-refractivity contribution in [2.75, 3.05) is 5.32 Å². The molecule has 0 aliphatic heterocycles. The Morgan fingerprint density at radius 1 is 1.35 bits per heavy atom. The van der Waals surface area contributed by atoms with Crippen LogP contribution in [0.3, 0.4) is 0 Å². The highest BCUT2D eigenvalue weighted by atomic mass is 79.9. The van der Waals surface area contributed by atoms with Crippen molar-refractivity contribution in [1.82, 2.24) is 14.9 Å². The molecule has 0 aliphatic rings. The summed E-state index contributed by atoms with van der Waals surface area (Å²) in [5.74, 6) is 0.104. The van der Waals surface area contributed by atoms with Crippen molar-refractivity contribution in [3.63, 3.8) is 0 Å². The number of rotatable bonds is 4. The van der Waals surface area contributed by atoms with E-state index in [9.17, 15) is 18.0 Å². The number of hydrogen-bond donors (Lipinski definition) is 1. The van der Waals surface area contributed by atoms with Gasteiger partial charge in [0.25, 0.3) is 0 Å². The molecule has 0 radical (unpaired) electrons. The second-order valence-corrected chi connectivity index (χ2v) is 5.76. The van der Waals surface area contributed by atoms with Gasteiger partial charge in [0.05, 0.1) is 16.7 Å². The molecule has 6 nitrogen and oxygen atoms in total. The van der Waals surface area contributed by atoms with Crippen LogP contribution in [0.4, 0.5) is 18.9 Å². The molecule has 0 fully saturated rings. The number of anilines is 1. The molecule has 126 valence electrons. The lowest BCUT2D eigenvalue weighted by molar-refractivity contribution is -0.142. The van der Waals surface area contributed by atoms with Crippen LogP contribution in [0.5, 0.6) is 0 Å². The SMILES string of the molecule is Cc1noc(C)c1NC(=O)CCn1nc(C(F)(F)F)c(Br)c1C. The zero-order chi connectivity index (χ0) is 17.4. The first-order valence-corrected chi connectivity index (χ1v) is 7.43. The summed E-state index contributed by atoms with van der Waals surface area (Å²) in [7, 11) is 0. The number of halogens is 4. The number of aromatic nitrogens is 3. The van der Waals surface area contributed by atoms with Gasteiger partial charge in [-0.15, -0.1) is 0 Å². The fraction of sp³-hybridized carbons (Fsp3) is 0.462. The minimum atomic E-state index is -4.55. The molecule has 1 amide bonds. The maximum atomic E-state index is 12.8. The molecule has 2 aromatic rings. The minimum absolute atomic E-state index is 0.0235. The lowest BCUT2D eigenvalue weighted by atomic mass is 10.3. The third-order valence-electron chi connectivity index (χ3n) is 3.25. The van der Waals surface area contributed by atoms with E-state index >= 15 is 0 Å². The van der Waals surface area contributed by atoms with Crippen LogP contribution in [0.2, 0.25) is 0 Å². The van der Waals surface area contributed by atoms with E-state index in [-0.39, 0.29) is 23.3 Å². The minimum Gasteiger partial charge on any atom is -0.359 e. The molecule has 0 atom stereocenters. The number of hydrogen-bond acceptors (Lipinski definition) is 4. The van der Waals surface area contributed by atoms with Crippen LogP contribution in [0.1, 0.15) is 29.3 Å². The zero-order valence-corrected chi connectivity index (χ0v) is 14.2. The highest BCUT2D eigenvalue weighted by Gasteiger charge is 2.37. The molecule has 23 heavy (non-hydrogen) atoms. The number of alkyl halides is 3. The zero-order valence-electron chi connectivity index (χ0n) is 12.6. The standard InChI is InChI=1S/C13H14BrF3N4O2/c1-6-11(8(3)23-20-6)18-9(22)4-5-21-7(2)10(14)12(19-21)13(15,16)17/h4-5H2,1-3H3,(H,18,22). The number of nitrogens with one attached hydrogen (secondary N) is 1. The Bertz CT molecular complexity index is 717. The number of carbonyl (C=O) groups is 1. The van der Waals surface area contributed by atoms with Crippen LogP contribution in [0, 0.1) is 20.8 Å². The smallest absolute Gasteiger partial charge is 0.359 e. The fourth-order valence-corrected chi connectivity index (χ4v) is 2.50. The Hall–Kier alpha value is -1.84. The monoisotopic (exact) mass is 394 g/mol. The van der Waals surface area contributed by atoms with Crippen LogP contribution in [0.15, 0.2) is 9.00 Å². The van der Waals surface area contributed by atoms with Gasteiger partial charge in [-0.1, -0.05) is 5.16 Å². The lowest BCUT2D eigenvalue weighted by Gasteiger charge is -2.06.